The molecule has 2 rings (SSSR count). The first-order valence-electron chi connectivity index (χ1n) is 6.92. The average molecular weight is 294 g/mol. The number of piperidine rings is 1. The minimum absolute atomic E-state index is 0.0188. The highest BCUT2D eigenvalue weighted by Gasteiger charge is 2.26. The van der Waals surface area contributed by atoms with E-state index in [0.29, 0.717) is 18.7 Å². The van der Waals surface area contributed by atoms with Crippen molar-refractivity contribution in [2.75, 3.05) is 13.6 Å². The highest BCUT2D eigenvalue weighted by Crippen LogP contribution is 2.15. The fraction of sp³-hybridized carbons (Fsp3) is 0.467. The number of carbonyl (C=O) groups is 2. The molecule has 1 saturated heterocycles. The topological polar surface area (TPSA) is 58.6 Å². The molecule has 1 aliphatic heterocycles. The standard InChI is InChI=1S/C15H19FN2O3/c1-10(21-13-5-3-4-11(16)8-13)15(20)17-12-6-7-18(2)14(19)9-12/h3-5,8,10,12H,6-7,9H2,1-2H3,(H,17,20)/t10-,12-/m0/s1. The van der Waals surface area contributed by atoms with Crippen molar-refractivity contribution in [2.24, 2.45) is 0 Å². The van der Waals surface area contributed by atoms with Gasteiger partial charge in [0.05, 0.1) is 0 Å². The van der Waals surface area contributed by atoms with Crippen molar-refractivity contribution in [3.8, 4) is 5.75 Å². The maximum Gasteiger partial charge on any atom is 0.261 e. The third kappa shape index (κ3) is 4.18. The normalized spacial score (nSPS) is 20.0. The molecule has 21 heavy (non-hydrogen) atoms. The molecule has 0 aromatic heterocycles. The average Bonchev–Trinajstić information content (AvgIpc) is 2.43. The zero-order valence-corrected chi connectivity index (χ0v) is 12.1. The van der Waals surface area contributed by atoms with Crippen LogP contribution < -0.4 is 10.1 Å². The monoisotopic (exact) mass is 294 g/mol. The van der Waals surface area contributed by atoms with Crippen LogP contribution >= 0.6 is 0 Å². The molecule has 2 atom stereocenters. The number of rotatable bonds is 4. The summed E-state index contributed by atoms with van der Waals surface area (Å²) in [5.41, 5.74) is 0. The number of benzene rings is 1. The summed E-state index contributed by atoms with van der Waals surface area (Å²) >= 11 is 0. The third-order valence-corrected chi connectivity index (χ3v) is 3.48. The Morgan fingerprint density at radius 1 is 1.52 bits per heavy atom. The first-order chi connectivity index (χ1) is 9.95. The summed E-state index contributed by atoms with van der Waals surface area (Å²) in [5.74, 6) is -0.398. The first kappa shape index (κ1) is 15.3. The number of hydrogen-bond donors (Lipinski definition) is 1. The van der Waals surface area contributed by atoms with Gasteiger partial charge in [-0.05, 0) is 25.5 Å². The molecule has 6 heteroatoms. The molecule has 1 N–H and O–H groups in total. The van der Waals surface area contributed by atoms with Gasteiger partial charge in [0.25, 0.3) is 5.91 Å². The lowest BCUT2D eigenvalue weighted by Crippen LogP contribution is -2.49. The minimum Gasteiger partial charge on any atom is -0.481 e. The largest absolute Gasteiger partial charge is 0.481 e. The van der Waals surface area contributed by atoms with Crippen molar-refractivity contribution in [2.45, 2.75) is 31.9 Å². The highest BCUT2D eigenvalue weighted by molar-refractivity contribution is 5.83. The summed E-state index contributed by atoms with van der Waals surface area (Å²) in [6.45, 7) is 2.22. The number of carbonyl (C=O) groups excluding carboxylic acids is 2. The van der Waals surface area contributed by atoms with Crippen LogP contribution in [0.15, 0.2) is 24.3 Å². The molecule has 1 aromatic carbocycles. The fourth-order valence-corrected chi connectivity index (χ4v) is 2.18. The van der Waals surface area contributed by atoms with Gasteiger partial charge in [0.1, 0.15) is 11.6 Å². The summed E-state index contributed by atoms with van der Waals surface area (Å²) in [7, 11) is 1.75. The maximum absolute atomic E-state index is 13.0. The highest BCUT2D eigenvalue weighted by atomic mass is 19.1. The molecule has 0 spiro atoms. The number of ether oxygens (including phenoxy) is 1. The van der Waals surface area contributed by atoms with Gasteiger partial charge in [-0.2, -0.15) is 0 Å². The van der Waals surface area contributed by atoms with Crippen LogP contribution in [-0.4, -0.2) is 42.5 Å². The van der Waals surface area contributed by atoms with Gasteiger partial charge in [-0.15, -0.1) is 0 Å². The van der Waals surface area contributed by atoms with E-state index in [4.69, 9.17) is 4.74 Å². The summed E-state index contributed by atoms with van der Waals surface area (Å²) in [5, 5.41) is 2.80. The van der Waals surface area contributed by atoms with Crippen LogP contribution in [0.5, 0.6) is 5.75 Å². The van der Waals surface area contributed by atoms with Crippen molar-refractivity contribution >= 4 is 11.8 Å². The minimum atomic E-state index is -0.749. The maximum atomic E-state index is 13.0. The molecule has 1 aliphatic rings. The Labute approximate surface area is 123 Å². The summed E-state index contributed by atoms with van der Waals surface area (Å²) in [6.07, 6.45) is 0.275. The molecule has 0 aliphatic carbocycles. The summed E-state index contributed by atoms with van der Waals surface area (Å²) < 4.78 is 18.4. The van der Waals surface area contributed by atoms with Gasteiger partial charge in [0, 0.05) is 32.1 Å². The lowest BCUT2D eigenvalue weighted by Gasteiger charge is -2.30. The van der Waals surface area contributed by atoms with E-state index in [1.165, 1.54) is 18.2 Å². The Hall–Kier alpha value is -2.11. The molecule has 1 heterocycles. The first-order valence-corrected chi connectivity index (χ1v) is 6.92. The van der Waals surface area contributed by atoms with E-state index in [9.17, 15) is 14.0 Å². The quantitative estimate of drug-likeness (QED) is 0.911. The Bertz CT molecular complexity index is 535. The summed E-state index contributed by atoms with van der Waals surface area (Å²) in [6, 6.07) is 5.47. The molecule has 1 fully saturated rings. The Kier molecular flexibility index (Phi) is 4.77. The fourth-order valence-electron chi connectivity index (χ4n) is 2.18. The van der Waals surface area contributed by atoms with E-state index in [1.807, 2.05) is 0 Å². The van der Waals surface area contributed by atoms with Crippen molar-refractivity contribution in [3.05, 3.63) is 30.1 Å². The Morgan fingerprint density at radius 2 is 2.29 bits per heavy atom. The van der Waals surface area contributed by atoms with E-state index in [2.05, 4.69) is 5.32 Å². The van der Waals surface area contributed by atoms with Crippen LogP contribution in [-0.2, 0) is 9.59 Å². The van der Waals surface area contributed by atoms with Gasteiger partial charge in [0.2, 0.25) is 5.91 Å². The number of likely N-dealkylation sites (tertiary alicyclic amines) is 1. The van der Waals surface area contributed by atoms with Crippen LogP contribution in [0.1, 0.15) is 19.8 Å². The van der Waals surface area contributed by atoms with Crippen molar-refractivity contribution < 1.29 is 18.7 Å². The van der Waals surface area contributed by atoms with Crippen molar-refractivity contribution in [3.63, 3.8) is 0 Å². The molecule has 0 radical (unpaired) electrons. The smallest absolute Gasteiger partial charge is 0.261 e. The van der Waals surface area contributed by atoms with Gasteiger partial charge < -0.3 is 15.0 Å². The van der Waals surface area contributed by atoms with Gasteiger partial charge >= 0.3 is 0 Å². The van der Waals surface area contributed by atoms with Crippen LogP contribution in [0.4, 0.5) is 4.39 Å². The second kappa shape index (κ2) is 6.56. The number of nitrogens with one attached hydrogen (secondary N) is 1. The lowest BCUT2D eigenvalue weighted by atomic mass is 10.0. The predicted octanol–water partition coefficient (Wildman–Crippen LogP) is 1.33. The molecule has 114 valence electrons. The molecule has 0 bridgehead atoms. The zero-order valence-electron chi connectivity index (χ0n) is 12.1. The lowest BCUT2D eigenvalue weighted by molar-refractivity contribution is -0.134. The van der Waals surface area contributed by atoms with Gasteiger partial charge in [0.15, 0.2) is 6.10 Å². The number of halogens is 1. The van der Waals surface area contributed by atoms with Crippen LogP contribution in [0.3, 0.4) is 0 Å². The molecule has 1 aromatic rings. The molecule has 2 amide bonds. The predicted molar refractivity (Wildman–Crippen MR) is 75.3 cm³/mol. The molecular formula is C15H19FN2O3. The Morgan fingerprint density at radius 3 is 2.95 bits per heavy atom. The van der Waals surface area contributed by atoms with E-state index < -0.39 is 11.9 Å². The summed E-state index contributed by atoms with van der Waals surface area (Å²) in [4.78, 5) is 25.3. The van der Waals surface area contributed by atoms with Crippen LogP contribution in [0.2, 0.25) is 0 Å². The van der Waals surface area contributed by atoms with E-state index in [0.717, 1.165) is 6.42 Å². The Balaban J connectivity index is 1.86. The van der Waals surface area contributed by atoms with Crippen molar-refractivity contribution in [1.29, 1.82) is 0 Å². The van der Waals surface area contributed by atoms with Gasteiger partial charge in [-0.25, -0.2) is 4.39 Å². The SMILES string of the molecule is C[C@H](Oc1cccc(F)c1)C(=O)N[C@H]1CCN(C)C(=O)C1. The number of amides is 2. The van der Waals surface area contributed by atoms with Crippen LogP contribution in [0.25, 0.3) is 0 Å². The van der Waals surface area contributed by atoms with Gasteiger partial charge in [-0.1, -0.05) is 6.07 Å². The molecular weight excluding hydrogens is 275 g/mol. The second-order valence-electron chi connectivity index (χ2n) is 5.23. The van der Waals surface area contributed by atoms with E-state index >= 15 is 0 Å². The molecule has 5 nitrogen and oxygen atoms in total. The number of hydrogen-bond acceptors (Lipinski definition) is 3. The number of nitrogens with zero attached hydrogens (tertiary/aromatic N) is 1. The van der Waals surface area contributed by atoms with E-state index in [-0.39, 0.29) is 17.9 Å². The third-order valence-electron chi connectivity index (χ3n) is 3.48. The molecule has 0 unspecified atom stereocenters. The zero-order chi connectivity index (χ0) is 15.4. The van der Waals surface area contributed by atoms with Crippen molar-refractivity contribution in [1.82, 2.24) is 10.2 Å². The molecule has 0 saturated carbocycles. The van der Waals surface area contributed by atoms with E-state index in [1.54, 1.807) is 24.9 Å². The van der Waals surface area contributed by atoms with Crippen LogP contribution in [0, 0.1) is 5.82 Å². The second-order valence-corrected chi connectivity index (χ2v) is 5.23. The van der Waals surface area contributed by atoms with Gasteiger partial charge in [-0.3, -0.25) is 9.59 Å².